The summed E-state index contributed by atoms with van der Waals surface area (Å²) in [6.07, 6.45) is 0.195. The zero-order chi connectivity index (χ0) is 14.6. The van der Waals surface area contributed by atoms with Gasteiger partial charge in [0.25, 0.3) is 0 Å². The third kappa shape index (κ3) is 4.55. The monoisotopic (exact) mass is 279 g/mol. The fourth-order valence-electron chi connectivity index (χ4n) is 1.42. The first-order valence-electron chi connectivity index (χ1n) is 5.99. The van der Waals surface area contributed by atoms with E-state index in [1.54, 1.807) is 18.2 Å². The van der Waals surface area contributed by atoms with Crippen LogP contribution in [-0.2, 0) is 4.79 Å². The maximum atomic E-state index is 11.9. The van der Waals surface area contributed by atoms with Gasteiger partial charge in [-0.15, -0.1) is 0 Å². The lowest BCUT2D eigenvalue weighted by molar-refractivity contribution is -0.117. The lowest BCUT2D eigenvalue weighted by atomic mass is 9.85. The van der Waals surface area contributed by atoms with Crippen molar-refractivity contribution in [3.8, 4) is 6.07 Å². The molecule has 3 N–H and O–H groups in total. The number of carbonyl (C=O) groups is 1. The molecule has 0 spiro atoms. The molecule has 0 aromatic heterocycles. The predicted molar refractivity (Wildman–Crippen MR) is 76.8 cm³/mol. The van der Waals surface area contributed by atoms with Gasteiger partial charge < -0.3 is 11.1 Å². The molecule has 0 saturated carbocycles. The summed E-state index contributed by atoms with van der Waals surface area (Å²) in [5.41, 5.74) is 6.60. The molecule has 5 heteroatoms. The van der Waals surface area contributed by atoms with Gasteiger partial charge >= 0.3 is 0 Å². The highest BCUT2D eigenvalue weighted by atomic mass is 35.5. The second-order valence-corrected chi connectivity index (χ2v) is 5.96. The number of nitriles is 1. The highest BCUT2D eigenvalue weighted by molar-refractivity contribution is 6.31. The third-order valence-electron chi connectivity index (χ3n) is 2.89. The highest BCUT2D eigenvalue weighted by Crippen LogP contribution is 2.23. The molecule has 1 atom stereocenters. The number of benzene rings is 1. The van der Waals surface area contributed by atoms with Crippen molar-refractivity contribution in [2.24, 2.45) is 11.1 Å². The van der Waals surface area contributed by atoms with Crippen LogP contribution in [-0.4, -0.2) is 11.9 Å². The maximum absolute atomic E-state index is 11.9. The van der Waals surface area contributed by atoms with Gasteiger partial charge in [-0.25, -0.2) is 0 Å². The molecular formula is C14H18ClN3O. The lowest BCUT2D eigenvalue weighted by Gasteiger charge is -2.26. The van der Waals surface area contributed by atoms with Crippen molar-refractivity contribution in [2.75, 3.05) is 5.32 Å². The normalized spacial score (nSPS) is 12.6. The van der Waals surface area contributed by atoms with Gasteiger partial charge in [-0.3, -0.25) is 4.79 Å². The van der Waals surface area contributed by atoms with E-state index in [9.17, 15) is 4.79 Å². The van der Waals surface area contributed by atoms with Crippen LogP contribution in [0, 0.1) is 16.7 Å². The molecule has 0 aliphatic rings. The number of anilines is 1. The Morgan fingerprint density at radius 2 is 2.16 bits per heavy atom. The van der Waals surface area contributed by atoms with Crippen LogP contribution in [0.2, 0.25) is 5.02 Å². The van der Waals surface area contributed by atoms with E-state index in [0.717, 1.165) is 0 Å². The maximum Gasteiger partial charge on any atom is 0.225 e. The van der Waals surface area contributed by atoms with Gasteiger partial charge in [0.1, 0.15) is 6.07 Å². The third-order valence-corrected chi connectivity index (χ3v) is 3.13. The minimum Gasteiger partial charge on any atom is -0.327 e. The molecule has 1 unspecified atom stereocenters. The van der Waals surface area contributed by atoms with Crippen LogP contribution in [0.5, 0.6) is 0 Å². The summed E-state index contributed by atoms with van der Waals surface area (Å²) in [6.45, 7) is 5.93. The van der Waals surface area contributed by atoms with E-state index in [2.05, 4.69) is 5.32 Å². The Morgan fingerprint density at radius 3 is 2.68 bits per heavy atom. The number of rotatable bonds is 3. The molecule has 0 radical (unpaired) electrons. The summed E-state index contributed by atoms with van der Waals surface area (Å²) in [5.74, 6) is -0.221. The molecule has 1 amide bonds. The number of hydrogen-bond acceptors (Lipinski definition) is 3. The average molecular weight is 280 g/mol. The first-order valence-corrected chi connectivity index (χ1v) is 6.37. The van der Waals surface area contributed by atoms with E-state index in [1.165, 1.54) is 0 Å². The summed E-state index contributed by atoms with van der Waals surface area (Å²) in [4.78, 5) is 11.9. The number of halogens is 1. The van der Waals surface area contributed by atoms with E-state index < -0.39 is 0 Å². The molecule has 19 heavy (non-hydrogen) atoms. The standard InChI is InChI=1S/C14H18ClN3O/c1-14(2,3)12(17)7-13(19)18-11-6-10(15)5-4-9(11)8-16/h4-6,12H,7,17H2,1-3H3,(H,18,19). The summed E-state index contributed by atoms with van der Waals surface area (Å²) >= 11 is 5.85. The van der Waals surface area contributed by atoms with Gasteiger partial charge in [0.15, 0.2) is 0 Å². The summed E-state index contributed by atoms with van der Waals surface area (Å²) < 4.78 is 0. The Hall–Kier alpha value is -1.57. The SMILES string of the molecule is CC(C)(C)C(N)CC(=O)Nc1cc(Cl)ccc1C#N. The average Bonchev–Trinajstić information content (AvgIpc) is 2.27. The quantitative estimate of drug-likeness (QED) is 0.893. The van der Waals surface area contributed by atoms with Crippen molar-refractivity contribution in [1.82, 2.24) is 0 Å². The minimum atomic E-state index is -0.253. The Kier molecular flexibility index (Phi) is 4.93. The number of nitrogens with two attached hydrogens (primary N) is 1. The van der Waals surface area contributed by atoms with Gasteiger partial charge in [-0.05, 0) is 23.6 Å². The molecular weight excluding hydrogens is 262 g/mol. The molecule has 0 aliphatic heterocycles. The van der Waals surface area contributed by atoms with Crippen molar-refractivity contribution in [2.45, 2.75) is 33.2 Å². The number of nitrogens with zero attached hydrogens (tertiary/aromatic N) is 1. The van der Waals surface area contributed by atoms with Crippen molar-refractivity contribution >= 4 is 23.2 Å². The van der Waals surface area contributed by atoms with E-state index in [-0.39, 0.29) is 23.8 Å². The topological polar surface area (TPSA) is 78.9 Å². The van der Waals surface area contributed by atoms with Crippen molar-refractivity contribution in [1.29, 1.82) is 5.26 Å². The van der Waals surface area contributed by atoms with E-state index in [4.69, 9.17) is 22.6 Å². The Bertz CT molecular complexity index is 514. The number of amides is 1. The molecule has 0 fully saturated rings. The molecule has 0 saturated heterocycles. The Balaban J connectivity index is 2.78. The van der Waals surface area contributed by atoms with Crippen LogP contribution in [0.4, 0.5) is 5.69 Å². The second kappa shape index (κ2) is 6.05. The summed E-state index contributed by atoms with van der Waals surface area (Å²) in [7, 11) is 0. The molecule has 1 aromatic rings. The first-order chi connectivity index (χ1) is 8.74. The van der Waals surface area contributed by atoms with E-state index in [0.29, 0.717) is 16.3 Å². The Labute approximate surface area is 118 Å². The van der Waals surface area contributed by atoms with Crippen LogP contribution >= 0.6 is 11.6 Å². The molecule has 1 rings (SSSR count). The summed E-state index contributed by atoms with van der Waals surface area (Å²) in [6, 6.07) is 6.49. The zero-order valence-corrected chi connectivity index (χ0v) is 12.1. The van der Waals surface area contributed by atoms with E-state index >= 15 is 0 Å². The molecule has 0 aliphatic carbocycles. The fraction of sp³-hybridized carbons (Fsp3) is 0.429. The molecule has 4 nitrogen and oxygen atoms in total. The summed E-state index contributed by atoms with van der Waals surface area (Å²) in [5, 5.41) is 12.1. The smallest absolute Gasteiger partial charge is 0.225 e. The number of hydrogen-bond donors (Lipinski definition) is 2. The largest absolute Gasteiger partial charge is 0.327 e. The van der Waals surface area contributed by atoms with Gasteiger partial charge in [0, 0.05) is 17.5 Å². The first kappa shape index (κ1) is 15.5. The van der Waals surface area contributed by atoms with Gasteiger partial charge in [-0.2, -0.15) is 5.26 Å². The van der Waals surface area contributed by atoms with Gasteiger partial charge in [0.05, 0.1) is 11.3 Å². The van der Waals surface area contributed by atoms with Crippen molar-refractivity contribution in [3.05, 3.63) is 28.8 Å². The van der Waals surface area contributed by atoms with Crippen molar-refractivity contribution < 1.29 is 4.79 Å². The fourth-order valence-corrected chi connectivity index (χ4v) is 1.60. The van der Waals surface area contributed by atoms with Gasteiger partial charge in [0.2, 0.25) is 5.91 Å². The molecule has 0 bridgehead atoms. The molecule has 102 valence electrons. The van der Waals surface area contributed by atoms with Crippen LogP contribution in [0.1, 0.15) is 32.8 Å². The van der Waals surface area contributed by atoms with Crippen LogP contribution in [0.15, 0.2) is 18.2 Å². The molecule has 1 aromatic carbocycles. The van der Waals surface area contributed by atoms with Crippen molar-refractivity contribution in [3.63, 3.8) is 0 Å². The second-order valence-electron chi connectivity index (χ2n) is 5.53. The van der Waals surface area contributed by atoms with Gasteiger partial charge in [-0.1, -0.05) is 32.4 Å². The Morgan fingerprint density at radius 1 is 1.53 bits per heavy atom. The van der Waals surface area contributed by atoms with Crippen LogP contribution in [0.25, 0.3) is 0 Å². The lowest BCUT2D eigenvalue weighted by Crippen LogP contribution is -2.38. The number of carbonyl (C=O) groups excluding carboxylic acids is 1. The minimum absolute atomic E-state index is 0.149. The molecule has 0 heterocycles. The van der Waals surface area contributed by atoms with Crippen LogP contribution in [0.3, 0.4) is 0 Å². The van der Waals surface area contributed by atoms with Crippen LogP contribution < -0.4 is 11.1 Å². The highest BCUT2D eigenvalue weighted by Gasteiger charge is 2.23. The predicted octanol–water partition coefficient (Wildman–Crippen LogP) is 2.91. The number of nitrogens with one attached hydrogen (secondary N) is 1. The van der Waals surface area contributed by atoms with E-state index in [1.807, 2.05) is 26.8 Å². The zero-order valence-electron chi connectivity index (χ0n) is 11.3.